The highest BCUT2D eigenvalue weighted by Crippen LogP contribution is 2.37. The molecule has 0 bridgehead atoms. The first-order valence-electron chi connectivity index (χ1n) is 5.46. The normalized spacial score (nSPS) is 14.9. The average Bonchev–Trinajstić information content (AvgIpc) is 2.92. The number of hydrogen-bond donors (Lipinski definition) is 1. The minimum absolute atomic E-state index is 0.0204. The summed E-state index contributed by atoms with van der Waals surface area (Å²) in [7, 11) is 0. The van der Waals surface area contributed by atoms with Gasteiger partial charge in [0.15, 0.2) is 0 Å². The molecule has 8 heteroatoms. The first-order chi connectivity index (χ1) is 8.75. The maximum Gasteiger partial charge on any atom is 0.372 e. The summed E-state index contributed by atoms with van der Waals surface area (Å²) < 4.78 is 6.71. The van der Waals surface area contributed by atoms with E-state index in [0.29, 0.717) is 17.4 Å². The van der Waals surface area contributed by atoms with Crippen molar-refractivity contribution in [1.29, 1.82) is 0 Å². The molecule has 94 valence electrons. The number of furan rings is 1. The number of hydrogen-bond acceptors (Lipinski definition) is 6. The molecule has 2 aromatic heterocycles. The number of rotatable bonds is 5. The molecule has 18 heavy (non-hydrogen) atoms. The van der Waals surface area contributed by atoms with Crippen LogP contribution in [0.3, 0.4) is 0 Å². The lowest BCUT2D eigenvalue weighted by molar-refractivity contribution is 0.0661. The Morgan fingerprint density at radius 1 is 1.61 bits per heavy atom. The molecule has 2 heterocycles. The first-order valence-corrected chi connectivity index (χ1v) is 6.44. The monoisotopic (exact) mass is 266 g/mol. The van der Waals surface area contributed by atoms with Crippen LogP contribution in [0.25, 0.3) is 0 Å². The van der Waals surface area contributed by atoms with Crippen molar-refractivity contribution < 1.29 is 14.3 Å². The predicted octanol–water partition coefficient (Wildman–Crippen LogP) is 1.59. The summed E-state index contributed by atoms with van der Waals surface area (Å²) in [5.74, 6) is -0.601. The third-order valence-corrected chi connectivity index (χ3v) is 3.64. The number of carboxylic acid groups (broad SMARTS) is 1. The second kappa shape index (κ2) is 4.45. The summed E-state index contributed by atoms with van der Waals surface area (Å²) in [6.45, 7) is 0. The van der Waals surface area contributed by atoms with E-state index >= 15 is 0 Å². The fourth-order valence-corrected chi connectivity index (χ4v) is 2.53. The standard InChI is InChI=1S/C10H10N4O3S/c15-9(16)8-6(3-4-17-8)5-18-10-11-12-13-14(10)7-1-2-7/h3-4,7H,1-2,5H2,(H,15,16). The summed E-state index contributed by atoms with van der Waals surface area (Å²) in [6.07, 6.45) is 3.58. The van der Waals surface area contributed by atoms with Crippen LogP contribution in [0.15, 0.2) is 21.9 Å². The van der Waals surface area contributed by atoms with Crippen LogP contribution in [0.5, 0.6) is 0 Å². The van der Waals surface area contributed by atoms with Crippen molar-refractivity contribution in [2.24, 2.45) is 0 Å². The Kier molecular flexibility index (Phi) is 2.78. The van der Waals surface area contributed by atoms with E-state index in [2.05, 4.69) is 15.5 Å². The van der Waals surface area contributed by atoms with Crippen molar-refractivity contribution in [3.05, 3.63) is 23.7 Å². The third kappa shape index (κ3) is 2.10. The number of carboxylic acids is 1. The smallest absolute Gasteiger partial charge is 0.372 e. The van der Waals surface area contributed by atoms with Crippen molar-refractivity contribution in [3.8, 4) is 0 Å². The highest BCUT2D eigenvalue weighted by atomic mass is 32.2. The molecule has 0 saturated heterocycles. The largest absolute Gasteiger partial charge is 0.475 e. The Morgan fingerprint density at radius 3 is 3.17 bits per heavy atom. The highest BCUT2D eigenvalue weighted by Gasteiger charge is 2.28. The Balaban J connectivity index is 1.72. The Hall–Kier alpha value is -1.83. The van der Waals surface area contributed by atoms with Gasteiger partial charge >= 0.3 is 5.97 Å². The number of carbonyl (C=O) groups is 1. The molecule has 1 fully saturated rings. The van der Waals surface area contributed by atoms with Gasteiger partial charge in [-0.3, -0.25) is 0 Å². The molecule has 3 rings (SSSR count). The molecule has 0 atom stereocenters. The van der Waals surface area contributed by atoms with Gasteiger partial charge in [-0.1, -0.05) is 11.8 Å². The second-order valence-electron chi connectivity index (χ2n) is 4.01. The number of nitrogens with zero attached hydrogens (tertiary/aromatic N) is 4. The van der Waals surface area contributed by atoms with E-state index < -0.39 is 5.97 Å². The molecule has 0 amide bonds. The molecule has 2 aromatic rings. The zero-order chi connectivity index (χ0) is 12.5. The van der Waals surface area contributed by atoms with E-state index in [0.717, 1.165) is 18.0 Å². The van der Waals surface area contributed by atoms with Crippen LogP contribution in [0.1, 0.15) is 35.0 Å². The molecule has 1 saturated carbocycles. The second-order valence-corrected chi connectivity index (χ2v) is 4.95. The van der Waals surface area contributed by atoms with Crippen molar-refractivity contribution >= 4 is 17.7 Å². The van der Waals surface area contributed by atoms with Gasteiger partial charge in [0.25, 0.3) is 0 Å². The van der Waals surface area contributed by atoms with Crippen LogP contribution < -0.4 is 0 Å². The van der Waals surface area contributed by atoms with Crippen molar-refractivity contribution in [2.45, 2.75) is 29.8 Å². The lowest BCUT2D eigenvalue weighted by Gasteiger charge is -2.01. The number of aromatic nitrogens is 4. The van der Waals surface area contributed by atoms with Crippen LogP contribution in [-0.2, 0) is 5.75 Å². The van der Waals surface area contributed by atoms with Crippen molar-refractivity contribution in [2.75, 3.05) is 0 Å². The molecule has 1 N–H and O–H groups in total. The molecule has 0 spiro atoms. The SMILES string of the molecule is O=C(O)c1occc1CSc1nnnn1C1CC1. The molecule has 0 radical (unpaired) electrons. The first kappa shape index (κ1) is 11.3. The third-order valence-electron chi connectivity index (χ3n) is 2.65. The van der Waals surface area contributed by atoms with Crippen LogP contribution in [0.4, 0.5) is 0 Å². The van der Waals surface area contributed by atoms with Crippen LogP contribution in [0, 0.1) is 0 Å². The van der Waals surface area contributed by atoms with Gasteiger partial charge in [0, 0.05) is 11.3 Å². The fourth-order valence-electron chi connectivity index (χ4n) is 1.61. The van der Waals surface area contributed by atoms with Crippen molar-refractivity contribution in [1.82, 2.24) is 20.2 Å². The molecule has 0 unspecified atom stereocenters. The Morgan fingerprint density at radius 2 is 2.44 bits per heavy atom. The van der Waals surface area contributed by atoms with E-state index in [1.807, 2.05) is 0 Å². The molecule has 7 nitrogen and oxygen atoms in total. The lowest BCUT2D eigenvalue weighted by atomic mass is 10.3. The highest BCUT2D eigenvalue weighted by molar-refractivity contribution is 7.98. The van der Waals surface area contributed by atoms with E-state index in [4.69, 9.17) is 9.52 Å². The number of thioether (sulfide) groups is 1. The summed E-state index contributed by atoms with van der Waals surface area (Å²) in [6, 6.07) is 2.06. The Labute approximate surface area is 106 Å². The minimum atomic E-state index is -1.06. The van der Waals surface area contributed by atoms with Crippen LogP contribution in [0.2, 0.25) is 0 Å². The van der Waals surface area contributed by atoms with Gasteiger partial charge in [-0.05, 0) is 29.3 Å². The zero-order valence-electron chi connectivity index (χ0n) is 9.31. The van der Waals surface area contributed by atoms with E-state index in [1.54, 1.807) is 10.7 Å². The molecule has 1 aliphatic rings. The number of aromatic carboxylic acids is 1. The zero-order valence-corrected chi connectivity index (χ0v) is 10.1. The quantitative estimate of drug-likeness (QED) is 0.821. The minimum Gasteiger partial charge on any atom is -0.475 e. The fraction of sp³-hybridized carbons (Fsp3) is 0.400. The maximum atomic E-state index is 10.9. The van der Waals surface area contributed by atoms with Gasteiger partial charge in [-0.15, -0.1) is 5.10 Å². The van der Waals surface area contributed by atoms with Gasteiger partial charge in [-0.2, -0.15) is 0 Å². The van der Waals surface area contributed by atoms with Gasteiger partial charge < -0.3 is 9.52 Å². The molecular weight excluding hydrogens is 256 g/mol. The molecule has 0 aliphatic heterocycles. The van der Waals surface area contributed by atoms with Gasteiger partial charge in [-0.25, -0.2) is 9.48 Å². The van der Waals surface area contributed by atoms with Gasteiger partial charge in [0.05, 0.1) is 12.3 Å². The topological polar surface area (TPSA) is 94.0 Å². The molecule has 0 aromatic carbocycles. The average molecular weight is 266 g/mol. The van der Waals surface area contributed by atoms with E-state index in [-0.39, 0.29) is 5.76 Å². The molecule has 1 aliphatic carbocycles. The maximum absolute atomic E-state index is 10.9. The van der Waals surface area contributed by atoms with Gasteiger partial charge in [0.1, 0.15) is 0 Å². The summed E-state index contributed by atoms with van der Waals surface area (Å²) >= 11 is 1.41. The predicted molar refractivity (Wildman–Crippen MR) is 61.3 cm³/mol. The summed E-state index contributed by atoms with van der Waals surface area (Å²) in [4.78, 5) is 10.9. The van der Waals surface area contributed by atoms with E-state index in [1.165, 1.54) is 18.0 Å². The van der Waals surface area contributed by atoms with Crippen LogP contribution in [-0.4, -0.2) is 31.3 Å². The summed E-state index contributed by atoms with van der Waals surface area (Å²) in [5.41, 5.74) is 0.637. The Bertz CT molecular complexity index is 575. The van der Waals surface area contributed by atoms with Crippen molar-refractivity contribution in [3.63, 3.8) is 0 Å². The summed E-state index contributed by atoms with van der Waals surface area (Å²) in [5, 5.41) is 21.1. The number of tetrazole rings is 1. The van der Waals surface area contributed by atoms with E-state index in [9.17, 15) is 4.79 Å². The lowest BCUT2D eigenvalue weighted by Crippen LogP contribution is -2.00. The van der Waals surface area contributed by atoms with Gasteiger partial charge in [0.2, 0.25) is 10.9 Å². The molecular formula is C10H10N4O3S. The van der Waals surface area contributed by atoms with Crippen LogP contribution >= 0.6 is 11.8 Å².